The van der Waals surface area contributed by atoms with Crippen LogP contribution in [0.1, 0.15) is 59.8 Å². The first-order chi connectivity index (χ1) is 10.7. The van der Waals surface area contributed by atoms with Crippen LogP contribution in [0, 0.1) is 11.8 Å². The molecule has 0 aromatic heterocycles. The lowest BCUT2D eigenvalue weighted by Gasteiger charge is -2.24. The van der Waals surface area contributed by atoms with Gasteiger partial charge in [-0.1, -0.05) is 43.7 Å². The highest BCUT2D eigenvalue weighted by Gasteiger charge is 2.22. The number of aliphatic hydroxyl groups is 3. The Bertz CT molecular complexity index is 444. The summed E-state index contributed by atoms with van der Waals surface area (Å²) >= 11 is 0. The van der Waals surface area contributed by atoms with Crippen molar-refractivity contribution in [3.8, 4) is 0 Å². The van der Waals surface area contributed by atoms with Crippen molar-refractivity contribution in [2.75, 3.05) is 6.61 Å². The maximum atomic E-state index is 10.5. The average Bonchev–Trinajstić information content (AvgIpc) is 2.44. The van der Waals surface area contributed by atoms with Crippen LogP contribution in [-0.4, -0.2) is 33.6 Å². The minimum absolute atomic E-state index is 0.0443. The fourth-order valence-electron chi connectivity index (χ4n) is 3.02. The summed E-state index contributed by atoms with van der Waals surface area (Å²) in [6, 6.07) is 0. The Morgan fingerprint density at radius 1 is 1.30 bits per heavy atom. The summed E-state index contributed by atoms with van der Waals surface area (Å²) < 4.78 is 0. The number of hydrogen-bond donors (Lipinski definition) is 3. The Labute approximate surface area is 141 Å². The summed E-state index contributed by atoms with van der Waals surface area (Å²) in [5.74, 6) is 0.946. The number of aliphatic hydroxyl groups excluding tert-OH is 2. The summed E-state index contributed by atoms with van der Waals surface area (Å²) in [7, 11) is 0. The van der Waals surface area contributed by atoms with E-state index < -0.39 is 11.7 Å². The normalized spacial score (nSPS) is 31.5. The summed E-state index contributed by atoms with van der Waals surface area (Å²) in [5, 5.41) is 30.1. The molecule has 3 unspecified atom stereocenters. The lowest BCUT2D eigenvalue weighted by atomic mass is 9.86. The smallest absolute Gasteiger partial charge is 0.0827 e. The van der Waals surface area contributed by atoms with Gasteiger partial charge >= 0.3 is 0 Å². The van der Waals surface area contributed by atoms with Gasteiger partial charge in [-0.3, -0.25) is 0 Å². The molecule has 23 heavy (non-hydrogen) atoms. The van der Waals surface area contributed by atoms with E-state index in [0.717, 1.165) is 31.3 Å². The SMILES string of the molecule is CC1=CCCC(CO)=CC(O)CC(C)(O)C=CC(C(C)C)CC1. The second kappa shape index (κ2) is 9.41. The van der Waals surface area contributed by atoms with E-state index in [0.29, 0.717) is 11.8 Å². The van der Waals surface area contributed by atoms with Crippen LogP contribution in [0.15, 0.2) is 35.5 Å². The largest absolute Gasteiger partial charge is 0.392 e. The predicted octanol–water partition coefficient (Wildman–Crippen LogP) is 3.76. The maximum absolute atomic E-state index is 10.5. The van der Waals surface area contributed by atoms with E-state index in [-0.39, 0.29) is 13.0 Å². The van der Waals surface area contributed by atoms with E-state index in [1.807, 2.05) is 6.08 Å². The molecule has 3 atom stereocenters. The molecule has 132 valence electrons. The molecule has 0 aromatic carbocycles. The fraction of sp³-hybridized carbons (Fsp3) is 0.700. The van der Waals surface area contributed by atoms with Gasteiger partial charge in [-0.25, -0.2) is 0 Å². The Morgan fingerprint density at radius 3 is 2.61 bits per heavy atom. The highest BCUT2D eigenvalue weighted by Crippen LogP contribution is 2.25. The Balaban J connectivity index is 3.01. The first-order valence-corrected chi connectivity index (χ1v) is 8.79. The highest BCUT2D eigenvalue weighted by atomic mass is 16.3. The quantitative estimate of drug-likeness (QED) is 0.678. The van der Waals surface area contributed by atoms with Gasteiger partial charge in [0.15, 0.2) is 0 Å². The predicted molar refractivity (Wildman–Crippen MR) is 96.1 cm³/mol. The molecule has 3 N–H and O–H groups in total. The van der Waals surface area contributed by atoms with Crippen molar-refractivity contribution < 1.29 is 15.3 Å². The van der Waals surface area contributed by atoms with E-state index in [4.69, 9.17) is 0 Å². The number of rotatable bonds is 2. The third kappa shape index (κ3) is 7.96. The molecule has 0 spiro atoms. The zero-order chi connectivity index (χ0) is 17.5. The molecule has 0 saturated carbocycles. The maximum Gasteiger partial charge on any atom is 0.0827 e. The Kier molecular flexibility index (Phi) is 8.24. The van der Waals surface area contributed by atoms with Crippen molar-refractivity contribution >= 4 is 0 Å². The lowest BCUT2D eigenvalue weighted by molar-refractivity contribution is 0.0562. The lowest BCUT2D eigenvalue weighted by Crippen LogP contribution is -2.27. The summed E-state index contributed by atoms with van der Waals surface area (Å²) in [6.45, 7) is 8.25. The second-order valence-electron chi connectivity index (χ2n) is 7.51. The fourth-order valence-corrected chi connectivity index (χ4v) is 3.02. The summed E-state index contributed by atoms with van der Waals surface area (Å²) in [5.41, 5.74) is 1.16. The summed E-state index contributed by atoms with van der Waals surface area (Å²) in [6.07, 6.45) is 11.1. The first-order valence-electron chi connectivity index (χ1n) is 8.79. The van der Waals surface area contributed by atoms with Crippen LogP contribution >= 0.6 is 0 Å². The topological polar surface area (TPSA) is 60.7 Å². The molecule has 0 saturated heterocycles. The summed E-state index contributed by atoms with van der Waals surface area (Å²) in [4.78, 5) is 0. The van der Waals surface area contributed by atoms with Gasteiger partial charge < -0.3 is 15.3 Å². The van der Waals surface area contributed by atoms with E-state index in [1.54, 1.807) is 13.0 Å². The molecular formula is C20H34O3. The van der Waals surface area contributed by atoms with Crippen molar-refractivity contribution in [3.63, 3.8) is 0 Å². The molecule has 0 radical (unpaired) electrons. The van der Waals surface area contributed by atoms with E-state index in [2.05, 4.69) is 32.9 Å². The Morgan fingerprint density at radius 2 is 2.00 bits per heavy atom. The van der Waals surface area contributed by atoms with Gasteiger partial charge in [0.1, 0.15) is 0 Å². The molecule has 0 heterocycles. The van der Waals surface area contributed by atoms with Crippen LogP contribution in [0.25, 0.3) is 0 Å². The molecule has 1 aliphatic carbocycles. The van der Waals surface area contributed by atoms with Gasteiger partial charge in [0.2, 0.25) is 0 Å². The van der Waals surface area contributed by atoms with E-state index in [9.17, 15) is 15.3 Å². The van der Waals surface area contributed by atoms with Crippen LogP contribution < -0.4 is 0 Å². The van der Waals surface area contributed by atoms with E-state index >= 15 is 0 Å². The third-order valence-electron chi connectivity index (χ3n) is 4.64. The van der Waals surface area contributed by atoms with Gasteiger partial charge in [0, 0.05) is 6.42 Å². The zero-order valence-corrected chi connectivity index (χ0v) is 15.1. The molecule has 3 heteroatoms. The zero-order valence-electron chi connectivity index (χ0n) is 15.1. The second-order valence-corrected chi connectivity index (χ2v) is 7.51. The average molecular weight is 322 g/mol. The number of hydrogen-bond acceptors (Lipinski definition) is 3. The molecule has 1 aliphatic rings. The van der Waals surface area contributed by atoms with Gasteiger partial charge in [0.05, 0.1) is 18.3 Å². The molecule has 3 nitrogen and oxygen atoms in total. The monoisotopic (exact) mass is 322 g/mol. The van der Waals surface area contributed by atoms with Gasteiger partial charge in [-0.15, -0.1) is 0 Å². The molecule has 0 amide bonds. The molecule has 0 fully saturated rings. The highest BCUT2D eigenvalue weighted by molar-refractivity contribution is 5.12. The van der Waals surface area contributed by atoms with Crippen LogP contribution in [0.2, 0.25) is 0 Å². The molecule has 0 aromatic rings. The molecule has 0 aliphatic heterocycles. The van der Waals surface area contributed by atoms with Crippen molar-refractivity contribution in [2.45, 2.75) is 71.5 Å². The van der Waals surface area contributed by atoms with Crippen LogP contribution in [0.3, 0.4) is 0 Å². The minimum Gasteiger partial charge on any atom is -0.392 e. The standard InChI is InChI=1S/C20H34O3/c1-15(2)18-9-8-16(3)6-5-7-17(14-21)12-19(22)13-20(4,23)11-10-18/h6,10-12,15,18-19,21-23H,5,7-9,13-14H2,1-4H3. The molecule has 0 bridgehead atoms. The van der Waals surface area contributed by atoms with Crippen molar-refractivity contribution in [2.24, 2.45) is 11.8 Å². The van der Waals surface area contributed by atoms with E-state index in [1.165, 1.54) is 5.57 Å². The van der Waals surface area contributed by atoms with Crippen LogP contribution in [-0.2, 0) is 0 Å². The van der Waals surface area contributed by atoms with Crippen molar-refractivity contribution in [1.29, 1.82) is 0 Å². The van der Waals surface area contributed by atoms with Crippen molar-refractivity contribution in [3.05, 3.63) is 35.5 Å². The van der Waals surface area contributed by atoms with Gasteiger partial charge in [0.25, 0.3) is 0 Å². The molecular weight excluding hydrogens is 288 g/mol. The Hall–Kier alpha value is -0.900. The first kappa shape index (κ1) is 20.1. The molecule has 1 rings (SSSR count). The van der Waals surface area contributed by atoms with Crippen molar-refractivity contribution in [1.82, 2.24) is 0 Å². The number of allylic oxidation sites excluding steroid dienone is 3. The van der Waals surface area contributed by atoms with Gasteiger partial charge in [-0.05, 0) is 56.9 Å². The minimum atomic E-state index is -1.04. The van der Waals surface area contributed by atoms with Crippen LogP contribution in [0.5, 0.6) is 0 Å². The third-order valence-corrected chi connectivity index (χ3v) is 4.64. The van der Waals surface area contributed by atoms with Gasteiger partial charge in [-0.2, -0.15) is 0 Å². The van der Waals surface area contributed by atoms with Crippen LogP contribution in [0.4, 0.5) is 0 Å².